The molecule has 0 radical (unpaired) electrons. The normalized spacial score (nSPS) is 12.6. The second kappa shape index (κ2) is 18.0. The van der Waals surface area contributed by atoms with Gasteiger partial charge in [0.1, 0.15) is 0 Å². The van der Waals surface area contributed by atoms with Gasteiger partial charge in [0, 0.05) is 5.54 Å². The predicted molar refractivity (Wildman–Crippen MR) is 130 cm³/mol. The zero-order chi connectivity index (χ0) is 20.5. The molecule has 1 unspecified atom stereocenters. The van der Waals surface area contributed by atoms with Gasteiger partial charge in [-0.15, -0.1) is 0 Å². The maximum atomic E-state index is 7.03. The molecule has 2 heteroatoms. The molecule has 0 bridgehead atoms. The van der Waals surface area contributed by atoms with Crippen LogP contribution in [0.3, 0.4) is 0 Å². The number of unbranched alkanes of at least 4 members (excludes halogenated alkanes) is 9. The van der Waals surface area contributed by atoms with Crippen LogP contribution in [0.4, 0.5) is 0 Å². The molecular formula is C27H51NO. The molecule has 0 saturated carbocycles. The second-order valence-electron chi connectivity index (χ2n) is 9.09. The van der Waals surface area contributed by atoms with Gasteiger partial charge in [-0.05, 0) is 37.2 Å². The van der Waals surface area contributed by atoms with Gasteiger partial charge in [0.15, 0.2) is 0 Å². The fourth-order valence-electron chi connectivity index (χ4n) is 4.83. The molecule has 0 saturated heterocycles. The first-order valence-electron chi connectivity index (χ1n) is 12.5. The summed E-state index contributed by atoms with van der Waals surface area (Å²) in [6.07, 6.45) is 21.2. The number of rotatable bonds is 18. The predicted octanol–water partition coefficient (Wildman–Crippen LogP) is 7.63. The molecular weight excluding hydrogens is 354 g/mol. The van der Waals surface area contributed by atoms with Crippen LogP contribution < -0.4 is 5.73 Å². The van der Waals surface area contributed by atoms with E-state index in [1.165, 1.54) is 89.0 Å². The zero-order valence-corrected chi connectivity index (χ0v) is 19.9. The third-order valence-electron chi connectivity index (χ3n) is 6.48. The van der Waals surface area contributed by atoms with Crippen LogP contribution in [-0.4, -0.2) is 11.0 Å². The maximum Gasteiger partial charge on any atom is 0.0185 e. The Morgan fingerprint density at radius 1 is 0.690 bits per heavy atom. The van der Waals surface area contributed by atoms with Gasteiger partial charge in [0.05, 0.1) is 0 Å². The highest BCUT2D eigenvalue weighted by molar-refractivity contribution is 5.16. The minimum absolute atomic E-state index is 0. The fraction of sp³-hybridized carbons (Fsp3) is 0.778. The van der Waals surface area contributed by atoms with E-state index in [2.05, 4.69) is 51.1 Å². The second-order valence-corrected chi connectivity index (χ2v) is 9.09. The third kappa shape index (κ3) is 12.4. The molecule has 4 N–H and O–H groups in total. The minimum Gasteiger partial charge on any atom is -0.412 e. The molecule has 29 heavy (non-hydrogen) atoms. The summed E-state index contributed by atoms with van der Waals surface area (Å²) < 4.78 is 0. The van der Waals surface area contributed by atoms with Gasteiger partial charge in [-0.1, -0.05) is 128 Å². The smallest absolute Gasteiger partial charge is 0.0185 e. The van der Waals surface area contributed by atoms with Crippen molar-refractivity contribution < 1.29 is 5.48 Å². The first-order valence-corrected chi connectivity index (χ1v) is 12.5. The Labute approximate surface area is 182 Å². The average molecular weight is 406 g/mol. The average Bonchev–Trinajstić information content (AvgIpc) is 2.69. The van der Waals surface area contributed by atoms with Gasteiger partial charge in [-0.25, -0.2) is 0 Å². The number of hydrogen-bond donors (Lipinski definition) is 1. The Morgan fingerprint density at radius 3 is 1.66 bits per heavy atom. The zero-order valence-electron chi connectivity index (χ0n) is 19.9. The van der Waals surface area contributed by atoms with Crippen LogP contribution in [0.25, 0.3) is 0 Å². The lowest BCUT2D eigenvalue weighted by molar-refractivity contribution is 0.211. The fourth-order valence-corrected chi connectivity index (χ4v) is 4.83. The number of hydrogen-bond acceptors (Lipinski definition) is 1. The minimum atomic E-state index is 0. The Hall–Kier alpha value is -0.860. The van der Waals surface area contributed by atoms with E-state index in [-0.39, 0.29) is 11.0 Å². The van der Waals surface area contributed by atoms with Crippen molar-refractivity contribution in [1.82, 2.24) is 0 Å². The van der Waals surface area contributed by atoms with Crippen molar-refractivity contribution in [3.8, 4) is 0 Å². The van der Waals surface area contributed by atoms with Crippen molar-refractivity contribution in [3.63, 3.8) is 0 Å². The molecule has 0 aliphatic rings. The molecule has 1 aromatic carbocycles. The van der Waals surface area contributed by atoms with Crippen molar-refractivity contribution >= 4 is 0 Å². The molecule has 0 heterocycles. The van der Waals surface area contributed by atoms with Gasteiger partial charge >= 0.3 is 0 Å². The van der Waals surface area contributed by atoms with Crippen LogP contribution in [-0.2, 0) is 6.42 Å². The van der Waals surface area contributed by atoms with Gasteiger partial charge in [0.25, 0.3) is 0 Å². The molecule has 0 fully saturated rings. The molecule has 0 aliphatic heterocycles. The van der Waals surface area contributed by atoms with Gasteiger partial charge in [-0.3, -0.25) is 0 Å². The highest BCUT2D eigenvalue weighted by Crippen LogP contribution is 2.33. The van der Waals surface area contributed by atoms with E-state index in [9.17, 15) is 0 Å². The Balaban J connectivity index is 0.00000784. The van der Waals surface area contributed by atoms with E-state index in [1.54, 1.807) is 0 Å². The third-order valence-corrected chi connectivity index (χ3v) is 6.48. The van der Waals surface area contributed by atoms with E-state index in [1.807, 2.05) is 0 Å². The van der Waals surface area contributed by atoms with Crippen molar-refractivity contribution in [2.75, 3.05) is 0 Å². The van der Waals surface area contributed by atoms with E-state index in [4.69, 9.17) is 5.73 Å². The highest BCUT2D eigenvalue weighted by Gasteiger charge is 2.32. The topological polar surface area (TPSA) is 57.5 Å². The first kappa shape index (κ1) is 28.1. The molecule has 0 aliphatic carbocycles. The monoisotopic (exact) mass is 405 g/mol. The summed E-state index contributed by atoms with van der Waals surface area (Å²) in [6.45, 7) is 6.87. The molecule has 0 spiro atoms. The van der Waals surface area contributed by atoms with Crippen molar-refractivity contribution in [3.05, 3.63) is 35.9 Å². The quantitative estimate of drug-likeness (QED) is 0.251. The van der Waals surface area contributed by atoms with Gasteiger partial charge in [0.2, 0.25) is 0 Å². The van der Waals surface area contributed by atoms with Gasteiger partial charge < -0.3 is 11.2 Å². The van der Waals surface area contributed by atoms with Crippen molar-refractivity contribution in [2.45, 2.75) is 129 Å². The molecule has 0 amide bonds. The maximum absolute atomic E-state index is 7.03. The van der Waals surface area contributed by atoms with E-state index < -0.39 is 0 Å². The highest BCUT2D eigenvalue weighted by atomic mass is 16.0. The van der Waals surface area contributed by atoms with E-state index in [0.717, 1.165) is 19.3 Å². The summed E-state index contributed by atoms with van der Waals surface area (Å²) >= 11 is 0. The Bertz CT molecular complexity index is 453. The summed E-state index contributed by atoms with van der Waals surface area (Å²) in [5.41, 5.74) is 8.50. The first-order chi connectivity index (χ1) is 13.7. The van der Waals surface area contributed by atoms with Crippen LogP contribution in [0.2, 0.25) is 0 Å². The molecule has 1 aromatic rings. The van der Waals surface area contributed by atoms with Crippen LogP contribution in [0, 0.1) is 5.92 Å². The van der Waals surface area contributed by atoms with Gasteiger partial charge in [-0.2, -0.15) is 0 Å². The molecule has 1 rings (SSSR count). The molecule has 170 valence electrons. The number of benzene rings is 1. The summed E-state index contributed by atoms with van der Waals surface area (Å²) in [7, 11) is 0. The molecule has 0 aromatic heterocycles. The lowest BCUT2D eigenvalue weighted by Crippen LogP contribution is -2.48. The van der Waals surface area contributed by atoms with Crippen molar-refractivity contribution in [1.29, 1.82) is 0 Å². The van der Waals surface area contributed by atoms with E-state index in [0.29, 0.717) is 5.92 Å². The standard InChI is InChI=1S/C27H49N.H2O/c1-4-7-8-9-10-11-12-13-14-18-21-26(24-25-19-16-15-17-20-25)27(28,22-5-2)23-6-3;/h15-17,19-20,26H,4-14,18,21-24,28H2,1-3H3;1H2. The van der Waals surface area contributed by atoms with Crippen LogP contribution in [0.5, 0.6) is 0 Å². The summed E-state index contributed by atoms with van der Waals surface area (Å²) in [5, 5.41) is 0. The van der Waals surface area contributed by atoms with Crippen LogP contribution in [0.15, 0.2) is 30.3 Å². The van der Waals surface area contributed by atoms with Crippen molar-refractivity contribution in [2.24, 2.45) is 11.7 Å². The van der Waals surface area contributed by atoms with Crippen LogP contribution >= 0.6 is 0 Å². The Kier molecular flexibility index (Phi) is 17.4. The molecule has 2 nitrogen and oxygen atoms in total. The van der Waals surface area contributed by atoms with E-state index >= 15 is 0 Å². The van der Waals surface area contributed by atoms with Crippen LogP contribution in [0.1, 0.15) is 123 Å². The lowest BCUT2D eigenvalue weighted by atomic mass is 9.72. The largest absolute Gasteiger partial charge is 0.412 e. The molecule has 1 atom stereocenters. The summed E-state index contributed by atoms with van der Waals surface area (Å²) in [6, 6.07) is 11.0. The summed E-state index contributed by atoms with van der Waals surface area (Å²) in [4.78, 5) is 0. The lowest BCUT2D eigenvalue weighted by Gasteiger charge is -2.38. The SMILES string of the molecule is CCCCCCCCCCCCC(Cc1ccccc1)C(N)(CCC)CCC.O. The Morgan fingerprint density at radius 2 is 1.17 bits per heavy atom. The summed E-state index contributed by atoms with van der Waals surface area (Å²) in [5.74, 6) is 0.615. The number of nitrogens with two attached hydrogens (primary N) is 1.